The molecule has 1 aromatic rings. The number of hydrogen-bond acceptors (Lipinski definition) is 4. The Labute approximate surface area is 98.8 Å². The van der Waals surface area contributed by atoms with Crippen LogP contribution in [-0.2, 0) is 4.74 Å². The number of hydrogen-bond donors (Lipinski definition) is 0. The quantitative estimate of drug-likeness (QED) is 0.451. The molecule has 0 spiro atoms. The Morgan fingerprint density at radius 3 is 3.00 bits per heavy atom. The molecule has 0 saturated heterocycles. The van der Waals surface area contributed by atoms with Crippen molar-refractivity contribution < 1.29 is 19.0 Å². The molecule has 1 atom stereocenters. The van der Waals surface area contributed by atoms with Crippen LogP contribution in [0.5, 0.6) is 11.5 Å². The fourth-order valence-corrected chi connectivity index (χ4v) is 1.36. The molecule has 4 nitrogen and oxygen atoms in total. The van der Waals surface area contributed by atoms with E-state index in [1.165, 1.54) is 6.08 Å². The Hall–Kier alpha value is -2.41. The molecule has 86 valence electrons. The monoisotopic (exact) mass is 230 g/mol. The fraction of sp³-hybridized carbons (Fsp3) is 0.154. The zero-order valence-corrected chi connectivity index (χ0v) is 9.01. The highest BCUT2D eigenvalue weighted by atomic mass is 16.7. The predicted molar refractivity (Wildman–Crippen MR) is 60.8 cm³/mol. The van der Waals surface area contributed by atoms with E-state index in [1.54, 1.807) is 18.2 Å². The van der Waals surface area contributed by atoms with E-state index in [9.17, 15) is 4.79 Å². The maximum atomic E-state index is 11.7. The van der Waals surface area contributed by atoms with Gasteiger partial charge >= 0.3 is 5.97 Å². The first-order chi connectivity index (χ1) is 8.24. The first-order valence-electron chi connectivity index (χ1n) is 4.94. The molecule has 0 N–H and O–H groups in total. The summed E-state index contributed by atoms with van der Waals surface area (Å²) in [6.45, 7) is 3.63. The number of carbonyl (C=O) groups excluding carboxylic acids is 1. The SMILES string of the molecule is C#CC(C=C)OC(=O)c1ccc2c(c1)OCO2. The van der Waals surface area contributed by atoms with Crippen molar-refractivity contribution >= 4 is 5.97 Å². The molecule has 2 rings (SSSR count). The van der Waals surface area contributed by atoms with E-state index < -0.39 is 12.1 Å². The van der Waals surface area contributed by atoms with Gasteiger partial charge in [-0.2, -0.15) is 0 Å². The van der Waals surface area contributed by atoms with E-state index in [1.807, 2.05) is 0 Å². The van der Waals surface area contributed by atoms with Gasteiger partial charge in [-0.1, -0.05) is 12.5 Å². The van der Waals surface area contributed by atoms with E-state index in [4.69, 9.17) is 20.6 Å². The highest BCUT2D eigenvalue weighted by molar-refractivity contribution is 5.90. The summed E-state index contributed by atoms with van der Waals surface area (Å²) >= 11 is 0. The van der Waals surface area contributed by atoms with Crippen LogP contribution in [0.3, 0.4) is 0 Å². The fourth-order valence-electron chi connectivity index (χ4n) is 1.36. The molecular weight excluding hydrogens is 220 g/mol. The Morgan fingerprint density at radius 1 is 1.53 bits per heavy atom. The van der Waals surface area contributed by atoms with Gasteiger partial charge in [-0.15, -0.1) is 6.42 Å². The van der Waals surface area contributed by atoms with Gasteiger partial charge in [0.15, 0.2) is 17.6 Å². The van der Waals surface area contributed by atoms with Gasteiger partial charge in [0.25, 0.3) is 0 Å². The number of rotatable bonds is 3. The van der Waals surface area contributed by atoms with Gasteiger partial charge in [0.2, 0.25) is 6.79 Å². The molecule has 0 aromatic heterocycles. The molecule has 1 heterocycles. The smallest absolute Gasteiger partial charge is 0.339 e. The van der Waals surface area contributed by atoms with Gasteiger partial charge in [-0.05, 0) is 24.3 Å². The van der Waals surface area contributed by atoms with Crippen molar-refractivity contribution in [2.24, 2.45) is 0 Å². The van der Waals surface area contributed by atoms with Crippen molar-refractivity contribution in [1.82, 2.24) is 0 Å². The molecule has 1 aliphatic rings. The summed E-state index contributed by atoms with van der Waals surface area (Å²) in [6.07, 6.45) is 5.81. The van der Waals surface area contributed by atoms with Gasteiger partial charge < -0.3 is 14.2 Å². The summed E-state index contributed by atoms with van der Waals surface area (Å²) < 4.78 is 15.3. The minimum absolute atomic E-state index is 0.160. The Bertz CT molecular complexity index is 499. The molecule has 1 unspecified atom stereocenters. The molecule has 0 bridgehead atoms. The van der Waals surface area contributed by atoms with Crippen molar-refractivity contribution in [2.75, 3.05) is 6.79 Å². The van der Waals surface area contributed by atoms with Gasteiger partial charge in [0.05, 0.1) is 5.56 Å². The van der Waals surface area contributed by atoms with Gasteiger partial charge in [-0.3, -0.25) is 0 Å². The molecule has 0 saturated carbocycles. The molecule has 0 radical (unpaired) electrons. The first kappa shape index (κ1) is 11.1. The van der Waals surface area contributed by atoms with Crippen LogP contribution in [0.25, 0.3) is 0 Å². The van der Waals surface area contributed by atoms with Crippen LogP contribution < -0.4 is 9.47 Å². The Balaban J connectivity index is 2.15. The second-order valence-corrected chi connectivity index (χ2v) is 3.30. The van der Waals surface area contributed by atoms with Crippen molar-refractivity contribution in [1.29, 1.82) is 0 Å². The largest absolute Gasteiger partial charge is 0.454 e. The zero-order valence-electron chi connectivity index (χ0n) is 9.01. The Morgan fingerprint density at radius 2 is 2.29 bits per heavy atom. The second kappa shape index (κ2) is 4.62. The third-order valence-corrected chi connectivity index (χ3v) is 2.22. The molecule has 0 aliphatic carbocycles. The molecule has 17 heavy (non-hydrogen) atoms. The molecule has 4 heteroatoms. The number of carbonyl (C=O) groups is 1. The summed E-state index contributed by atoms with van der Waals surface area (Å²) in [5.41, 5.74) is 0.358. The minimum atomic E-state index is -0.729. The van der Waals surface area contributed by atoms with Gasteiger partial charge in [-0.25, -0.2) is 4.79 Å². The van der Waals surface area contributed by atoms with E-state index in [0.29, 0.717) is 17.1 Å². The predicted octanol–water partition coefficient (Wildman–Crippen LogP) is 1.76. The lowest BCUT2D eigenvalue weighted by molar-refractivity contribution is 0.0475. The number of fused-ring (bicyclic) bond motifs is 1. The van der Waals surface area contributed by atoms with Crippen LogP contribution >= 0.6 is 0 Å². The summed E-state index contributed by atoms with van der Waals surface area (Å²) in [7, 11) is 0. The molecule has 1 aromatic carbocycles. The normalized spacial score (nSPS) is 13.6. The van der Waals surface area contributed by atoms with Crippen LogP contribution in [0.1, 0.15) is 10.4 Å². The average molecular weight is 230 g/mol. The maximum Gasteiger partial charge on any atom is 0.339 e. The van der Waals surface area contributed by atoms with E-state index in [0.717, 1.165) is 0 Å². The zero-order chi connectivity index (χ0) is 12.3. The van der Waals surface area contributed by atoms with Crippen LogP contribution in [0.15, 0.2) is 30.9 Å². The maximum absolute atomic E-state index is 11.7. The molecule has 0 fully saturated rings. The lowest BCUT2D eigenvalue weighted by Crippen LogP contribution is -2.13. The standard InChI is InChI=1S/C13H10O4/c1-3-10(4-2)17-13(14)9-5-6-11-12(7-9)16-8-15-11/h1,4-7,10H,2,8H2. The van der Waals surface area contributed by atoms with Crippen molar-refractivity contribution in [3.8, 4) is 23.8 Å². The van der Waals surface area contributed by atoms with E-state index in [-0.39, 0.29) is 6.79 Å². The molecular formula is C13H10O4. The topological polar surface area (TPSA) is 44.8 Å². The molecule has 1 aliphatic heterocycles. The van der Waals surface area contributed by atoms with E-state index >= 15 is 0 Å². The summed E-state index contributed by atoms with van der Waals surface area (Å²) in [6, 6.07) is 4.80. The minimum Gasteiger partial charge on any atom is -0.454 e. The second-order valence-electron chi connectivity index (χ2n) is 3.30. The van der Waals surface area contributed by atoms with Crippen molar-refractivity contribution in [3.63, 3.8) is 0 Å². The van der Waals surface area contributed by atoms with Crippen molar-refractivity contribution in [3.05, 3.63) is 36.4 Å². The van der Waals surface area contributed by atoms with Crippen LogP contribution in [-0.4, -0.2) is 18.9 Å². The highest BCUT2D eigenvalue weighted by Crippen LogP contribution is 2.32. The number of esters is 1. The van der Waals surface area contributed by atoms with Crippen LogP contribution in [0.2, 0.25) is 0 Å². The summed E-state index contributed by atoms with van der Waals surface area (Å²) in [4.78, 5) is 11.7. The highest BCUT2D eigenvalue weighted by Gasteiger charge is 2.18. The number of ether oxygens (including phenoxy) is 3. The van der Waals surface area contributed by atoms with Crippen LogP contribution in [0, 0.1) is 12.3 Å². The van der Waals surface area contributed by atoms with Crippen LogP contribution in [0.4, 0.5) is 0 Å². The average Bonchev–Trinajstić information content (AvgIpc) is 2.82. The van der Waals surface area contributed by atoms with Gasteiger partial charge in [0.1, 0.15) is 0 Å². The Kier molecular flexibility index (Phi) is 3.01. The number of benzene rings is 1. The van der Waals surface area contributed by atoms with Crippen molar-refractivity contribution in [2.45, 2.75) is 6.10 Å². The third kappa shape index (κ3) is 2.23. The summed E-state index contributed by atoms with van der Waals surface area (Å²) in [5.74, 6) is 2.90. The summed E-state index contributed by atoms with van der Waals surface area (Å²) in [5, 5.41) is 0. The van der Waals surface area contributed by atoms with Gasteiger partial charge in [0, 0.05) is 0 Å². The third-order valence-electron chi connectivity index (χ3n) is 2.22. The van der Waals surface area contributed by atoms with E-state index in [2.05, 4.69) is 12.5 Å². The first-order valence-corrected chi connectivity index (χ1v) is 4.94. The molecule has 0 amide bonds. The lowest BCUT2D eigenvalue weighted by atomic mass is 10.2. The lowest BCUT2D eigenvalue weighted by Gasteiger charge is -2.08. The number of terminal acetylenes is 1.